The number of carbonyl (C=O) groups is 1. The monoisotopic (exact) mass is 462 g/mol. The van der Waals surface area contributed by atoms with Gasteiger partial charge in [0.15, 0.2) is 0 Å². The van der Waals surface area contributed by atoms with Gasteiger partial charge in [0.25, 0.3) is 15.9 Å². The fourth-order valence-electron chi connectivity index (χ4n) is 2.77. The van der Waals surface area contributed by atoms with E-state index in [4.69, 9.17) is 23.2 Å². The van der Waals surface area contributed by atoms with Crippen molar-refractivity contribution < 1.29 is 13.2 Å². The second-order valence-electron chi connectivity index (χ2n) is 6.99. The number of aryl methyl sites for hydroxylation is 3. The fourth-order valence-corrected chi connectivity index (χ4v) is 4.60. The zero-order valence-electron chi connectivity index (χ0n) is 16.6. The summed E-state index contributed by atoms with van der Waals surface area (Å²) in [5.74, 6) is -0.477. The van der Waals surface area contributed by atoms with Gasteiger partial charge in [-0.3, -0.25) is 9.52 Å². The third-order valence-corrected chi connectivity index (χ3v) is 6.80. The first-order valence-electron chi connectivity index (χ1n) is 9.04. The van der Waals surface area contributed by atoms with Crippen LogP contribution in [0, 0.1) is 20.8 Å². The molecule has 5 nitrogen and oxygen atoms in total. The molecule has 0 spiro atoms. The van der Waals surface area contributed by atoms with Gasteiger partial charge in [0, 0.05) is 16.3 Å². The van der Waals surface area contributed by atoms with Crippen molar-refractivity contribution in [3.05, 3.63) is 86.9 Å². The number of nitrogens with one attached hydrogen (secondary N) is 2. The zero-order chi connectivity index (χ0) is 22.1. The maximum absolute atomic E-state index is 13.0. The summed E-state index contributed by atoms with van der Waals surface area (Å²) in [5, 5.41) is 3.24. The Bertz CT molecular complexity index is 1240. The molecule has 0 aliphatic heterocycles. The van der Waals surface area contributed by atoms with E-state index in [1.165, 1.54) is 18.2 Å². The molecule has 0 heterocycles. The van der Waals surface area contributed by atoms with E-state index < -0.39 is 15.9 Å². The van der Waals surface area contributed by atoms with Crippen molar-refractivity contribution in [1.82, 2.24) is 0 Å². The van der Waals surface area contributed by atoms with E-state index in [1.807, 2.05) is 26.0 Å². The lowest BCUT2D eigenvalue weighted by Gasteiger charge is -2.13. The van der Waals surface area contributed by atoms with Crippen molar-refractivity contribution in [3.63, 3.8) is 0 Å². The molecule has 3 aromatic rings. The number of sulfonamides is 1. The summed E-state index contributed by atoms with van der Waals surface area (Å²) in [6.45, 7) is 5.52. The molecule has 1 amide bonds. The van der Waals surface area contributed by atoms with Crippen LogP contribution >= 0.6 is 23.2 Å². The van der Waals surface area contributed by atoms with Crippen molar-refractivity contribution in [1.29, 1.82) is 0 Å². The summed E-state index contributed by atoms with van der Waals surface area (Å²) in [5.41, 5.74) is 3.67. The van der Waals surface area contributed by atoms with Gasteiger partial charge < -0.3 is 5.32 Å². The van der Waals surface area contributed by atoms with E-state index in [2.05, 4.69) is 10.0 Å². The molecule has 0 aliphatic rings. The predicted molar refractivity (Wildman–Crippen MR) is 122 cm³/mol. The van der Waals surface area contributed by atoms with Gasteiger partial charge in [-0.25, -0.2) is 8.42 Å². The van der Waals surface area contributed by atoms with Crippen LogP contribution in [-0.4, -0.2) is 14.3 Å². The molecule has 0 atom stereocenters. The number of anilines is 2. The average molecular weight is 463 g/mol. The molecule has 3 rings (SSSR count). The molecule has 0 aromatic heterocycles. The topological polar surface area (TPSA) is 75.3 Å². The lowest BCUT2D eigenvalue weighted by atomic mass is 10.1. The quantitative estimate of drug-likeness (QED) is 0.490. The molecule has 156 valence electrons. The molecule has 0 fully saturated rings. The summed E-state index contributed by atoms with van der Waals surface area (Å²) in [6, 6.07) is 14.7. The van der Waals surface area contributed by atoms with Crippen molar-refractivity contribution in [2.45, 2.75) is 25.7 Å². The molecule has 2 N–H and O–H groups in total. The van der Waals surface area contributed by atoms with E-state index in [0.717, 1.165) is 16.7 Å². The number of benzene rings is 3. The molecule has 8 heteroatoms. The van der Waals surface area contributed by atoms with Gasteiger partial charge in [-0.15, -0.1) is 0 Å². The van der Waals surface area contributed by atoms with Crippen molar-refractivity contribution in [2.75, 3.05) is 10.0 Å². The highest BCUT2D eigenvalue weighted by molar-refractivity contribution is 7.92. The molecule has 0 unspecified atom stereocenters. The first kappa shape index (κ1) is 22.2. The third kappa shape index (κ3) is 4.95. The van der Waals surface area contributed by atoms with E-state index >= 15 is 0 Å². The minimum Gasteiger partial charge on any atom is -0.322 e. The highest BCUT2D eigenvalue weighted by Gasteiger charge is 2.21. The lowest BCUT2D eigenvalue weighted by molar-refractivity contribution is 0.102. The number of amides is 1. The Morgan fingerprint density at radius 1 is 0.833 bits per heavy atom. The second-order valence-corrected chi connectivity index (χ2v) is 9.45. The molecular formula is C22H20Cl2N2O3S. The largest absolute Gasteiger partial charge is 0.322 e. The molecule has 0 saturated heterocycles. The molecule has 3 aromatic carbocycles. The second kappa shape index (κ2) is 8.68. The summed E-state index contributed by atoms with van der Waals surface area (Å²) >= 11 is 12.2. The molecule has 0 saturated carbocycles. The van der Waals surface area contributed by atoms with Crippen LogP contribution in [0.4, 0.5) is 11.4 Å². The van der Waals surface area contributed by atoms with Crippen molar-refractivity contribution in [2.24, 2.45) is 0 Å². The summed E-state index contributed by atoms with van der Waals surface area (Å²) in [4.78, 5) is 12.5. The zero-order valence-corrected chi connectivity index (χ0v) is 18.9. The van der Waals surface area contributed by atoms with Gasteiger partial charge in [-0.05, 0) is 73.9 Å². The summed E-state index contributed by atoms with van der Waals surface area (Å²) in [7, 11) is -4.01. The van der Waals surface area contributed by atoms with Crippen LogP contribution in [0.3, 0.4) is 0 Å². The van der Waals surface area contributed by atoms with Crippen LogP contribution in [-0.2, 0) is 10.0 Å². The van der Waals surface area contributed by atoms with Gasteiger partial charge in [-0.2, -0.15) is 0 Å². The molecular weight excluding hydrogens is 443 g/mol. The van der Waals surface area contributed by atoms with Crippen LogP contribution in [0.5, 0.6) is 0 Å². The maximum atomic E-state index is 13.0. The van der Waals surface area contributed by atoms with Crippen LogP contribution < -0.4 is 10.0 Å². The minimum atomic E-state index is -4.01. The Labute approximate surface area is 186 Å². The van der Waals surface area contributed by atoms with Crippen LogP contribution in [0.15, 0.2) is 59.5 Å². The Balaban J connectivity index is 1.91. The van der Waals surface area contributed by atoms with Gasteiger partial charge in [-0.1, -0.05) is 41.4 Å². The van der Waals surface area contributed by atoms with Crippen molar-refractivity contribution >= 4 is 50.5 Å². The number of rotatable bonds is 5. The summed E-state index contributed by atoms with van der Waals surface area (Å²) in [6.07, 6.45) is 0. The SMILES string of the molecule is Cc1ccc(C)c(NS(=O)(=O)c2cc(C(=O)Nc3ccc(C)c(Cl)c3)ccc2Cl)c1. The van der Waals surface area contributed by atoms with E-state index in [1.54, 1.807) is 31.2 Å². The third-order valence-electron chi connectivity index (χ3n) is 4.55. The van der Waals surface area contributed by atoms with E-state index in [9.17, 15) is 13.2 Å². The standard InChI is InChI=1S/C22H20Cl2N2O3S/c1-13-4-5-15(3)20(10-13)26-30(28,29)21-11-16(7-9-18(21)23)22(27)25-17-8-6-14(2)19(24)12-17/h4-12,26H,1-3H3,(H,25,27). The Morgan fingerprint density at radius 2 is 1.53 bits per heavy atom. The van der Waals surface area contributed by atoms with E-state index in [-0.39, 0.29) is 15.5 Å². The highest BCUT2D eigenvalue weighted by Crippen LogP contribution is 2.27. The van der Waals surface area contributed by atoms with Gasteiger partial charge in [0.05, 0.1) is 10.7 Å². The van der Waals surface area contributed by atoms with Crippen LogP contribution in [0.1, 0.15) is 27.0 Å². The highest BCUT2D eigenvalue weighted by atomic mass is 35.5. The van der Waals surface area contributed by atoms with Crippen LogP contribution in [0.25, 0.3) is 0 Å². The first-order valence-corrected chi connectivity index (χ1v) is 11.3. The fraction of sp³-hybridized carbons (Fsp3) is 0.136. The number of carbonyl (C=O) groups excluding carboxylic acids is 1. The van der Waals surface area contributed by atoms with Gasteiger partial charge >= 0.3 is 0 Å². The normalized spacial score (nSPS) is 11.2. The summed E-state index contributed by atoms with van der Waals surface area (Å²) < 4.78 is 28.5. The average Bonchev–Trinajstić information content (AvgIpc) is 2.67. The molecule has 0 bridgehead atoms. The molecule has 0 radical (unpaired) electrons. The Morgan fingerprint density at radius 3 is 2.23 bits per heavy atom. The van der Waals surface area contributed by atoms with Gasteiger partial charge in [0.2, 0.25) is 0 Å². The Kier molecular flexibility index (Phi) is 6.41. The molecule has 30 heavy (non-hydrogen) atoms. The maximum Gasteiger partial charge on any atom is 0.263 e. The van der Waals surface area contributed by atoms with E-state index in [0.29, 0.717) is 16.4 Å². The number of halogens is 2. The predicted octanol–water partition coefficient (Wildman–Crippen LogP) is 5.97. The van der Waals surface area contributed by atoms with Crippen molar-refractivity contribution in [3.8, 4) is 0 Å². The minimum absolute atomic E-state index is 0.0164. The lowest BCUT2D eigenvalue weighted by Crippen LogP contribution is -2.17. The first-order chi connectivity index (χ1) is 14.1. The number of hydrogen-bond acceptors (Lipinski definition) is 3. The van der Waals surface area contributed by atoms with Gasteiger partial charge in [0.1, 0.15) is 4.90 Å². The Hall–Kier alpha value is -2.54. The number of hydrogen-bond donors (Lipinski definition) is 2. The van der Waals surface area contributed by atoms with Crippen LogP contribution in [0.2, 0.25) is 10.0 Å². The smallest absolute Gasteiger partial charge is 0.263 e. The molecule has 0 aliphatic carbocycles.